The molecule has 0 spiro atoms. The van der Waals surface area contributed by atoms with Gasteiger partial charge in [-0.15, -0.1) is 10.2 Å². The number of ether oxygens (including phenoxy) is 2. The van der Waals surface area contributed by atoms with Crippen LogP contribution in [0.5, 0.6) is 6.01 Å². The van der Waals surface area contributed by atoms with E-state index in [1.54, 1.807) is 58.0 Å². The third-order valence-electron chi connectivity index (χ3n) is 5.49. The largest absolute Gasteiger partial charge is 0.465 e. The van der Waals surface area contributed by atoms with Crippen molar-refractivity contribution in [3.8, 4) is 28.5 Å². The van der Waals surface area contributed by atoms with Crippen molar-refractivity contribution in [1.29, 1.82) is 0 Å². The fourth-order valence-electron chi connectivity index (χ4n) is 3.99. The van der Waals surface area contributed by atoms with Gasteiger partial charge in [0.15, 0.2) is 0 Å². The van der Waals surface area contributed by atoms with Crippen LogP contribution in [-0.2, 0) is 11.2 Å². The van der Waals surface area contributed by atoms with Crippen LogP contribution in [0.15, 0.2) is 66.7 Å². The average Bonchev–Trinajstić information content (AvgIpc) is 3.56. The SMILES string of the molecule is [2H]C([2H])(c1ccc(-c2ccccc2-c2nn[nH]n2)cc1)n1c(OCC)nc2cccc(C(=O)OC(C)(C)C)c21. The number of fused-ring (bicyclic) bond motifs is 1. The number of imidazole rings is 1. The van der Waals surface area contributed by atoms with Gasteiger partial charge in [0.2, 0.25) is 5.82 Å². The van der Waals surface area contributed by atoms with E-state index in [1.165, 1.54) is 4.57 Å². The first kappa shape index (κ1) is 21.7. The standard InChI is InChI=1S/C28H28N6O3/c1-5-36-27-29-23-12-8-11-22(26(35)37-28(2,3)4)24(23)34(27)17-18-13-15-19(16-14-18)20-9-6-7-10-21(20)25-30-32-33-31-25/h6-16H,5,17H2,1-4H3,(H,30,31,32,33)/i17D2. The van der Waals surface area contributed by atoms with Gasteiger partial charge in [-0.05, 0) is 61.7 Å². The predicted octanol–water partition coefficient (Wildman–Crippen LogP) is 5.29. The van der Waals surface area contributed by atoms with Crippen molar-refractivity contribution in [3.63, 3.8) is 0 Å². The summed E-state index contributed by atoms with van der Waals surface area (Å²) >= 11 is 0. The molecule has 0 radical (unpaired) electrons. The Bertz CT molecular complexity index is 1620. The molecule has 2 heterocycles. The van der Waals surface area contributed by atoms with Crippen LogP contribution in [0.1, 0.15) is 46.4 Å². The molecular weight excluding hydrogens is 468 g/mol. The molecule has 0 saturated heterocycles. The molecule has 2 aromatic heterocycles. The number of hydrogen-bond donors (Lipinski definition) is 1. The number of H-pyrrole nitrogens is 1. The minimum atomic E-state index is -2.12. The summed E-state index contributed by atoms with van der Waals surface area (Å²) in [5.41, 5.74) is 3.08. The maximum atomic E-state index is 13.1. The fraction of sp³-hybridized carbons (Fsp3) is 0.250. The minimum absolute atomic E-state index is 0.0695. The van der Waals surface area contributed by atoms with Gasteiger partial charge in [0.05, 0.1) is 32.4 Å². The van der Waals surface area contributed by atoms with Gasteiger partial charge in [-0.1, -0.05) is 54.6 Å². The first-order valence-corrected chi connectivity index (χ1v) is 11.9. The van der Waals surface area contributed by atoms with E-state index < -0.39 is 18.1 Å². The molecule has 3 aromatic carbocycles. The van der Waals surface area contributed by atoms with E-state index >= 15 is 0 Å². The number of aromatic nitrogens is 6. The highest BCUT2D eigenvalue weighted by Gasteiger charge is 2.24. The first-order chi connectivity index (χ1) is 18.6. The van der Waals surface area contributed by atoms with Gasteiger partial charge >= 0.3 is 5.97 Å². The Morgan fingerprint density at radius 1 is 1.03 bits per heavy atom. The molecule has 5 aromatic rings. The number of hydrogen-bond acceptors (Lipinski definition) is 7. The van der Waals surface area contributed by atoms with E-state index in [9.17, 15) is 7.54 Å². The van der Waals surface area contributed by atoms with E-state index in [0.717, 1.165) is 16.7 Å². The number of carbonyl (C=O) groups is 1. The normalized spacial score (nSPS) is 12.8. The predicted molar refractivity (Wildman–Crippen MR) is 140 cm³/mol. The number of tetrazole rings is 1. The number of nitrogens with one attached hydrogen (secondary N) is 1. The van der Waals surface area contributed by atoms with Crippen molar-refractivity contribution in [3.05, 3.63) is 77.9 Å². The summed E-state index contributed by atoms with van der Waals surface area (Å²) in [7, 11) is 0. The van der Waals surface area contributed by atoms with Crippen LogP contribution in [-0.4, -0.2) is 48.4 Å². The van der Waals surface area contributed by atoms with E-state index in [-0.39, 0.29) is 18.2 Å². The summed E-state index contributed by atoms with van der Waals surface area (Å²) in [6.45, 7) is 5.29. The molecule has 0 aliphatic carbocycles. The first-order valence-electron chi connectivity index (χ1n) is 12.9. The van der Waals surface area contributed by atoms with Crippen LogP contribution in [0.3, 0.4) is 0 Å². The average molecular weight is 499 g/mol. The van der Waals surface area contributed by atoms with Gasteiger partial charge < -0.3 is 9.47 Å². The van der Waals surface area contributed by atoms with Crippen LogP contribution in [0.4, 0.5) is 0 Å². The lowest BCUT2D eigenvalue weighted by Gasteiger charge is -2.20. The highest BCUT2D eigenvalue weighted by atomic mass is 16.6. The van der Waals surface area contributed by atoms with Crippen molar-refractivity contribution < 1.29 is 17.0 Å². The molecule has 0 aliphatic rings. The van der Waals surface area contributed by atoms with Gasteiger partial charge in [0, 0.05) is 5.56 Å². The van der Waals surface area contributed by atoms with Gasteiger partial charge in [-0.3, -0.25) is 4.57 Å². The zero-order valence-corrected chi connectivity index (χ0v) is 21.0. The molecule has 0 unspecified atom stereocenters. The van der Waals surface area contributed by atoms with Crippen molar-refractivity contribution in [2.24, 2.45) is 0 Å². The second-order valence-electron chi connectivity index (χ2n) is 9.31. The molecule has 0 saturated carbocycles. The number of esters is 1. The number of nitrogens with zero attached hydrogens (tertiary/aromatic N) is 5. The summed E-state index contributed by atoms with van der Waals surface area (Å²) in [6, 6.07) is 19.8. The van der Waals surface area contributed by atoms with Crippen LogP contribution in [0.2, 0.25) is 0 Å². The zero-order valence-electron chi connectivity index (χ0n) is 23.0. The number of benzene rings is 3. The Balaban J connectivity index is 1.61. The van der Waals surface area contributed by atoms with E-state index in [4.69, 9.17) is 9.47 Å². The lowest BCUT2D eigenvalue weighted by Crippen LogP contribution is -2.24. The van der Waals surface area contributed by atoms with Crippen LogP contribution in [0.25, 0.3) is 33.5 Å². The number of rotatable bonds is 7. The van der Waals surface area contributed by atoms with Crippen LogP contribution < -0.4 is 4.74 Å². The second-order valence-corrected chi connectivity index (χ2v) is 9.31. The molecule has 0 fully saturated rings. The Morgan fingerprint density at radius 3 is 2.46 bits per heavy atom. The molecule has 5 rings (SSSR count). The zero-order chi connectivity index (χ0) is 27.8. The van der Waals surface area contributed by atoms with Crippen molar-refractivity contribution >= 4 is 17.0 Å². The Hall–Kier alpha value is -4.53. The maximum absolute atomic E-state index is 13.1. The molecular formula is C28H28N6O3. The molecule has 0 amide bonds. The highest BCUT2D eigenvalue weighted by molar-refractivity contribution is 6.02. The smallest absolute Gasteiger partial charge is 0.340 e. The quantitative estimate of drug-likeness (QED) is 0.304. The molecule has 9 heteroatoms. The summed E-state index contributed by atoms with van der Waals surface area (Å²) in [4.78, 5) is 17.7. The molecule has 1 N–H and O–H groups in total. The molecule has 37 heavy (non-hydrogen) atoms. The molecule has 9 nitrogen and oxygen atoms in total. The summed E-state index contributed by atoms with van der Waals surface area (Å²) in [5, 5.41) is 14.3. The Morgan fingerprint density at radius 2 is 1.78 bits per heavy atom. The van der Waals surface area contributed by atoms with Gasteiger partial charge in [-0.25, -0.2) is 4.79 Å². The van der Waals surface area contributed by atoms with Crippen molar-refractivity contribution in [2.75, 3.05) is 6.61 Å². The molecule has 0 aliphatic heterocycles. The van der Waals surface area contributed by atoms with Crippen molar-refractivity contribution in [2.45, 2.75) is 39.8 Å². The number of aromatic amines is 1. The third-order valence-corrected chi connectivity index (χ3v) is 5.49. The summed E-state index contributed by atoms with van der Waals surface area (Å²) in [5.74, 6) is -0.104. The number of para-hydroxylation sites is 1. The van der Waals surface area contributed by atoms with Gasteiger partial charge in [0.25, 0.3) is 6.01 Å². The van der Waals surface area contributed by atoms with Gasteiger partial charge in [-0.2, -0.15) is 10.2 Å². The van der Waals surface area contributed by atoms with Crippen LogP contribution >= 0.6 is 0 Å². The highest BCUT2D eigenvalue weighted by Crippen LogP contribution is 2.31. The van der Waals surface area contributed by atoms with E-state index in [0.29, 0.717) is 22.4 Å². The minimum Gasteiger partial charge on any atom is -0.465 e. The van der Waals surface area contributed by atoms with Gasteiger partial charge in [0.1, 0.15) is 5.60 Å². The number of carbonyl (C=O) groups excluding carboxylic acids is 1. The second kappa shape index (κ2) is 9.85. The van der Waals surface area contributed by atoms with Crippen LogP contribution in [0, 0.1) is 0 Å². The Labute approximate surface area is 217 Å². The summed E-state index contributed by atoms with van der Waals surface area (Å²) in [6.07, 6.45) is 0. The Kier molecular flexibility index (Phi) is 5.78. The molecule has 188 valence electrons. The monoisotopic (exact) mass is 498 g/mol. The lowest BCUT2D eigenvalue weighted by atomic mass is 9.98. The summed E-state index contributed by atoms with van der Waals surface area (Å²) < 4.78 is 31.1. The third kappa shape index (κ3) is 5.06. The topological polar surface area (TPSA) is 108 Å². The van der Waals surface area contributed by atoms with E-state index in [1.807, 2.05) is 36.4 Å². The lowest BCUT2D eigenvalue weighted by molar-refractivity contribution is 0.00713. The molecule has 0 bridgehead atoms. The molecule has 0 atom stereocenters. The maximum Gasteiger partial charge on any atom is 0.340 e. The fourth-order valence-corrected chi connectivity index (χ4v) is 3.99. The van der Waals surface area contributed by atoms with Crippen molar-refractivity contribution in [1.82, 2.24) is 30.2 Å². The van der Waals surface area contributed by atoms with E-state index in [2.05, 4.69) is 25.6 Å².